The fourth-order valence-corrected chi connectivity index (χ4v) is 3.57. The van der Waals surface area contributed by atoms with E-state index in [0.717, 1.165) is 21.5 Å². The van der Waals surface area contributed by atoms with E-state index in [-0.39, 0.29) is 12.2 Å². The van der Waals surface area contributed by atoms with E-state index in [4.69, 9.17) is 0 Å². The topological polar surface area (TPSA) is 78.0 Å². The van der Waals surface area contributed by atoms with Crippen LogP contribution in [-0.4, -0.2) is 29.4 Å². The Hall–Kier alpha value is -4.41. The molecule has 0 bridgehead atoms. The van der Waals surface area contributed by atoms with E-state index in [0.29, 0.717) is 27.8 Å². The Morgan fingerprint density at radius 2 is 1.62 bits per heavy atom. The quantitative estimate of drug-likeness (QED) is 0.371. The minimum Gasteiger partial charge on any atom is -0.265 e. The average molecular weight is 466 g/mol. The van der Waals surface area contributed by atoms with Crippen LogP contribution in [0.15, 0.2) is 78.1 Å². The number of alkyl halides is 3. The summed E-state index contributed by atoms with van der Waals surface area (Å²) in [5.41, 5.74) is 1.56. The minimum absolute atomic E-state index is 0.102. The van der Waals surface area contributed by atoms with Crippen molar-refractivity contribution in [2.24, 2.45) is 0 Å². The first-order valence-electron chi connectivity index (χ1n) is 9.98. The summed E-state index contributed by atoms with van der Waals surface area (Å²) < 4.78 is 54.1. The third kappa shape index (κ3) is 3.91. The maximum atomic E-state index is 13.5. The molecule has 0 aliphatic heterocycles. The molecule has 0 N–H and O–H groups in total. The smallest absolute Gasteiger partial charge is 0.265 e. The van der Waals surface area contributed by atoms with E-state index in [2.05, 4.69) is 20.2 Å². The lowest BCUT2D eigenvalue weighted by Crippen LogP contribution is -2.23. The van der Waals surface area contributed by atoms with Crippen LogP contribution in [0.3, 0.4) is 0 Å². The van der Waals surface area contributed by atoms with Crippen LogP contribution >= 0.6 is 0 Å². The van der Waals surface area contributed by atoms with Gasteiger partial charge in [0.15, 0.2) is 5.65 Å². The molecule has 0 amide bonds. The van der Waals surface area contributed by atoms with Crippen molar-refractivity contribution in [2.45, 2.75) is 12.7 Å². The molecule has 1 aromatic carbocycles. The van der Waals surface area contributed by atoms with Gasteiger partial charge in [0.2, 0.25) is 0 Å². The van der Waals surface area contributed by atoms with E-state index in [1.165, 1.54) is 24.4 Å². The molecule has 5 rings (SSSR count). The summed E-state index contributed by atoms with van der Waals surface area (Å²) in [6.45, 7) is -0.102. The largest absolute Gasteiger partial charge is 0.433 e. The lowest BCUT2D eigenvalue weighted by molar-refractivity contribution is -0.141. The molecule has 0 radical (unpaired) electrons. The van der Waals surface area contributed by atoms with Crippen LogP contribution in [0, 0.1) is 5.82 Å². The highest BCUT2D eigenvalue weighted by molar-refractivity contribution is 5.90. The van der Waals surface area contributed by atoms with Crippen molar-refractivity contribution in [1.82, 2.24) is 29.4 Å². The Bertz CT molecular complexity index is 1530. The third-order valence-electron chi connectivity index (χ3n) is 5.19. The average Bonchev–Trinajstić information content (AvgIpc) is 3.14. The van der Waals surface area contributed by atoms with Gasteiger partial charge >= 0.3 is 11.9 Å². The second-order valence-corrected chi connectivity index (χ2v) is 7.40. The summed E-state index contributed by atoms with van der Waals surface area (Å²) >= 11 is 0. The van der Waals surface area contributed by atoms with Crippen LogP contribution in [0.4, 0.5) is 17.6 Å². The number of fused-ring (bicyclic) bond motifs is 1. The first kappa shape index (κ1) is 21.4. The fraction of sp³-hybridized carbons (Fsp3) is 0.0870. The summed E-state index contributed by atoms with van der Waals surface area (Å²) in [6.07, 6.45) is 1.16. The molecular formula is C23H14F4N6O. The summed E-state index contributed by atoms with van der Waals surface area (Å²) in [5.74, 6) is -0.395. The molecule has 0 spiro atoms. The molecule has 34 heavy (non-hydrogen) atoms. The monoisotopic (exact) mass is 466 g/mol. The maximum Gasteiger partial charge on any atom is 0.433 e. The summed E-state index contributed by atoms with van der Waals surface area (Å²) in [6, 6.07) is 11.4. The highest BCUT2D eigenvalue weighted by Crippen LogP contribution is 2.33. The second kappa shape index (κ2) is 8.18. The van der Waals surface area contributed by atoms with Crippen molar-refractivity contribution in [1.29, 1.82) is 0 Å². The maximum absolute atomic E-state index is 13.5. The molecule has 0 atom stereocenters. The summed E-state index contributed by atoms with van der Waals surface area (Å²) in [5, 5.41) is 8.64. The van der Waals surface area contributed by atoms with Gasteiger partial charge in [-0.3, -0.25) is 9.97 Å². The summed E-state index contributed by atoms with van der Waals surface area (Å²) in [7, 11) is 0. The predicted molar refractivity (Wildman–Crippen MR) is 114 cm³/mol. The van der Waals surface area contributed by atoms with E-state index in [9.17, 15) is 22.4 Å². The van der Waals surface area contributed by atoms with Crippen LogP contribution in [0.25, 0.3) is 27.9 Å². The summed E-state index contributed by atoms with van der Waals surface area (Å²) in [4.78, 5) is 20.4. The molecule has 0 unspecified atom stereocenters. The van der Waals surface area contributed by atoms with Gasteiger partial charge in [0.25, 0.3) is 0 Å². The Kier molecular flexibility index (Phi) is 5.16. The lowest BCUT2D eigenvalue weighted by atomic mass is 9.98. The van der Waals surface area contributed by atoms with Gasteiger partial charge in [-0.05, 0) is 47.0 Å². The molecule has 0 fully saturated rings. The van der Waals surface area contributed by atoms with E-state index < -0.39 is 23.4 Å². The van der Waals surface area contributed by atoms with Crippen molar-refractivity contribution in [3.05, 3.63) is 101 Å². The Morgan fingerprint density at radius 3 is 2.26 bits per heavy atom. The van der Waals surface area contributed by atoms with E-state index in [1.54, 1.807) is 36.7 Å². The van der Waals surface area contributed by atoms with Gasteiger partial charge in [-0.25, -0.2) is 13.9 Å². The zero-order valence-electron chi connectivity index (χ0n) is 17.2. The van der Waals surface area contributed by atoms with Crippen molar-refractivity contribution >= 4 is 5.65 Å². The van der Waals surface area contributed by atoms with Crippen LogP contribution in [0.2, 0.25) is 0 Å². The zero-order valence-corrected chi connectivity index (χ0v) is 17.2. The number of rotatable bonds is 4. The van der Waals surface area contributed by atoms with Gasteiger partial charge in [0.1, 0.15) is 11.5 Å². The van der Waals surface area contributed by atoms with Crippen LogP contribution < -0.4 is 5.69 Å². The van der Waals surface area contributed by atoms with Gasteiger partial charge in [0.05, 0.1) is 12.7 Å². The Morgan fingerprint density at radius 1 is 0.882 bits per heavy atom. The SMILES string of the molecule is O=c1n(Cc2ccc(C(F)(F)F)nc2)nc2c(-c3ccncc3)c(-c3ccc(F)cc3)cnn12. The second-order valence-electron chi connectivity index (χ2n) is 7.40. The number of nitrogens with zero attached hydrogens (tertiary/aromatic N) is 6. The van der Waals surface area contributed by atoms with Crippen molar-refractivity contribution in [3.63, 3.8) is 0 Å². The van der Waals surface area contributed by atoms with Crippen LogP contribution in [-0.2, 0) is 12.7 Å². The molecule has 0 saturated carbocycles. The highest BCUT2D eigenvalue weighted by atomic mass is 19.4. The number of hydrogen-bond acceptors (Lipinski definition) is 5. The normalized spacial score (nSPS) is 11.8. The number of benzene rings is 1. The number of halogens is 4. The highest BCUT2D eigenvalue weighted by Gasteiger charge is 2.32. The molecule has 4 heterocycles. The molecule has 0 saturated heterocycles. The lowest BCUT2D eigenvalue weighted by Gasteiger charge is -2.10. The van der Waals surface area contributed by atoms with Gasteiger partial charge in [0, 0.05) is 29.7 Å². The molecule has 170 valence electrons. The Balaban J connectivity index is 1.65. The van der Waals surface area contributed by atoms with E-state index in [1.807, 2.05) is 0 Å². The van der Waals surface area contributed by atoms with Gasteiger partial charge in [-0.15, -0.1) is 5.10 Å². The fourth-order valence-electron chi connectivity index (χ4n) is 3.57. The third-order valence-corrected chi connectivity index (χ3v) is 5.19. The number of aromatic nitrogens is 6. The van der Waals surface area contributed by atoms with Crippen LogP contribution in [0.5, 0.6) is 0 Å². The first-order valence-corrected chi connectivity index (χ1v) is 9.98. The first-order chi connectivity index (χ1) is 16.3. The van der Waals surface area contributed by atoms with Gasteiger partial charge in [-0.1, -0.05) is 18.2 Å². The molecule has 7 nitrogen and oxygen atoms in total. The standard InChI is InChI=1S/C23H14F4N6O/c24-17-4-2-15(3-5-17)18-12-30-33-21(20(18)16-7-9-28-10-8-16)31-32(22(33)34)13-14-1-6-19(29-11-14)23(25,26)27/h1-12H,13H2. The zero-order chi connectivity index (χ0) is 23.9. The van der Waals surface area contributed by atoms with Crippen molar-refractivity contribution < 1.29 is 17.6 Å². The molecule has 11 heteroatoms. The van der Waals surface area contributed by atoms with Crippen molar-refractivity contribution in [3.8, 4) is 22.3 Å². The molecule has 0 aliphatic rings. The molecule has 4 aromatic heterocycles. The van der Waals surface area contributed by atoms with Crippen molar-refractivity contribution in [2.75, 3.05) is 0 Å². The molecule has 0 aliphatic carbocycles. The van der Waals surface area contributed by atoms with Crippen LogP contribution in [0.1, 0.15) is 11.3 Å². The molecular weight excluding hydrogens is 452 g/mol. The van der Waals surface area contributed by atoms with Gasteiger partial charge in [-0.2, -0.15) is 22.8 Å². The Labute approximate surface area is 189 Å². The predicted octanol–water partition coefficient (Wildman–Crippen LogP) is 4.22. The minimum atomic E-state index is -4.56. The number of hydrogen-bond donors (Lipinski definition) is 0. The van der Waals surface area contributed by atoms with Gasteiger partial charge < -0.3 is 0 Å². The van der Waals surface area contributed by atoms with E-state index >= 15 is 0 Å². The number of pyridine rings is 2. The molecule has 5 aromatic rings.